The van der Waals surface area contributed by atoms with Gasteiger partial charge in [-0.25, -0.2) is 4.98 Å². The van der Waals surface area contributed by atoms with Gasteiger partial charge < -0.3 is 4.98 Å². The highest BCUT2D eigenvalue weighted by molar-refractivity contribution is 7.98. The number of aryl methyl sites for hydroxylation is 3. The Morgan fingerprint density at radius 3 is 2.64 bits per heavy atom. The molecule has 0 spiro atoms. The van der Waals surface area contributed by atoms with Gasteiger partial charge in [0.2, 0.25) is 0 Å². The van der Waals surface area contributed by atoms with E-state index >= 15 is 0 Å². The standard InChI is InChI=1S/C18H18N2OS/c1-11-7-8-14(9-13(11)3)22-10-16-19-17-12(2)5-4-6-15(17)18(21)20-16/h4-9H,10H2,1-3H3,(H,19,20,21). The summed E-state index contributed by atoms with van der Waals surface area (Å²) in [5.41, 5.74) is 4.32. The first-order chi connectivity index (χ1) is 10.5. The molecule has 3 nitrogen and oxygen atoms in total. The molecule has 1 N–H and O–H groups in total. The van der Waals surface area contributed by atoms with E-state index in [0.717, 1.165) is 16.9 Å². The molecule has 0 aliphatic heterocycles. The SMILES string of the molecule is Cc1ccc(SCc2nc3c(C)cccc3c(=O)[nH]2)cc1C. The quantitative estimate of drug-likeness (QED) is 0.740. The van der Waals surface area contributed by atoms with Crippen LogP contribution in [0.4, 0.5) is 0 Å². The molecule has 0 unspecified atom stereocenters. The molecule has 0 amide bonds. The van der Waals surface area contributed by atoms with Gasteiger partial charge in [0.05, 0.1) is 16.7 Å². The number of thioether (sulfide) groups is 1. The number of aromatic amines is 1. The lowest BCUT2D eigenvalue weighted by Crippen LogP contribution is -2.11. The summed E-state index contributed by atoms with van der Waals surface area (Å²) >= 11 is 1.69. The van der Waals surface area contributed by atoms with E-state index in [4.69, 9.17) is 0 Å². The van der Waals surface area contributed by atoms with E-state index in [1.54, 1.807) is 11.8 Å². The van der Waals surface area contributed by atoms with E-state index in [1.165, 1.54) is 16.0 Å². The van der Waals surface area contributed by atoms with Crippen molar-refractivity contribution in [2.75, 3.05) is 0 Å². The van der Waals surface area contributed by atoms with Crippen LogP contribution in [0.2, 0.25) is 0 Å². The van der Waals surface area contributed by atoms with Gasteiger partial charge in [-0.3, -0.25) is 4.79 Å². The summed E-state index contributed by atoms with van der Waals surface area (Å²) in [6.45, 7) is 6.20. The largest absolute Gasteiger partial charge is 0.309 e. The Morgan fingerprint density at radius 1 is 1.05 bits per heavy atom. The third-order valence-electron chi connectivity index (χ3n) is 3.84. The summed E-state index contributed by atoms with van der Waals surface area (Å²) in [4.78, 5) is 20.8. The van der Waals surface area contributed by atoms with E-state index in [0.29, 0.717) is 11.1 Å². The number of hydrogen-bond donors (Lipinski definition) is 1. The van der Waals surface area contributed by atoms with Crippen molar-refractivity contribution in [3.8, 4) is 0 Å². The molecule has 0 aliphatic carbocycles. The smallest absolute Gasteiger partial charge is 0.258 e. The van der Waals surface area contributed by atoms with Crippen LogP contribution in [0, 0.1) is 20.8 Å². The molecule has 0 fully saturated rings. The summed E-state index contributed by atoms with van der Waals surface area (Å²) in [5, 5.41) is 0.653. The Morgan fingerprint density at radius 2 is 1.86 bits per heavy atom. The van der Waals surface area contributed by atoms with Crippen LogP contribution in [-0.4, -0.2) is 9.97 Å². The Kier molecular flexibility index (Phi) is 4.03. The zero-order valence-electron chi connectivity index (χ0n) is 12.9. The Bertz CT molecular complexity index is 899. The fourth-order valence-corrected chi connectivity index (χ4v) is 3.24. The van der Waals surface area contributed by atoms with Gasteiger partial charge in [0.25, 0.3) is 5.56 Å². The van der Waals surface area contributed by atoms with E-state index in [9.17, 15) is 4.79 Å². The monoisotopic (exact) mass is 310 g/mol. The van der Waals surface area contributed by atoms with E-state index < -0.39 is 0 Å². The predicted molar refractivity (Wildman–Crippen MR) is 92.6 cm³/mol. The van der Waals surface area contributed by atoms with Gasteiger partial charge in [0, 0.05) is 4.90 Å². The van der Waals surface area contributed by atoms with Crippen LogP contribution in [0.1, 0.15) is 22.5 Å². The number of benzene rings is 2. The first kappa shape index (κ1) is 14.9. The normalized spacial score (nSPS) is 11.0. The minimum Gasteiger partial charge on any atom is -0.309 e. The van der Waals surface area contributed by atoms with Crippen LogP contribution in [0.25, 0.3) is 10.9 Å². The molecule has 0 saturated carbocycles. The minimum absolute atomic E-state index is 0.0654. The van der Waals surface area contributed by atoms with E-state index in [1.807, 2.05) is 25.1 Å². The molecule has 3 rings (SSSR count). The second-order valence-corrected chi connectivity index (χ2v) is 6.57. The van der Waals surface area contributed by atoms with Crippen molar-refractivity contribution in [3.05, 3.63) is 69.3 Å². The average molecular weight is 310 g/mol. The molecule has 0 saturated heterocycles. The predicted octanol–water partition coefficient (Wildman–Crippen LogP) is 4.14. The maximum absolute atomic E-state index is 12.2. The van der Waals surface area contributed by atoms with Gasteiger partial charge in [-0.15, -0.1) is 11.8 Å². The van der Waals surface area contributed by atoms with Crippen molar-refractivity contribution < 1.29 is 0 Å². The van der Waals surface area contributed by atoms with Crippen molar-refractivity contribution >= 4 is 22.7 Å². The molecule has 4 heteroatoms. The van der Waals surface area contributed by atoms with Crippen LogP contribution in [0.15, 0.2) is 46.1 Å². The Hall–Kier alpha value is -2.07. The van der Waals surface area contributed by atoms with Crippen LogP contribution >= 0.6 is 11.8 Å². The minimum atomic E-state index is -0.0654. The third kappa shape index (κ3) is 2.92. The Labute approximate surface area is 133 Å². The third-order valence-corrected chi connectivity index (χ3v) is 4.85. The zero-order valence-corrected chi connectivity index (χ0v) is 13.8. The maximum Gasteiger partial charge on any atom is 0.258 e. The number of nitrogens with zero attached hydrogens (tertiary/aromatic N) is 1. The number of para-hydroxylation sites is 1. The zero-order chi connectivity index (χ0) is 15.7. The van der Waals surface area contributed by atoms with Crippen molar-refractivity contribution in [2.24, 2.45) is 0 Å². The first-order valence-electron chi connectivity index (χ1n) is 7.23. The highest BCUT2D eigenvalue weighted by Gasteiger charge is 2.06. The number of fused-ring (bicyclic) bond motifs is 1. The van der Waals surface area contributed by atoms with Crippen LogP contribution in [0.3, 0.4) is 0 Å². The average Bonchev–Trinajstić information content (AvgIpc) is 2.50. The summed E-state index contributed by atoms with van der Waals surface area (Å²) in [6.07, 6.45) is 0. The molecule has 112 valence electrons. The number of hydrogen-bond acceptors (Lipinski definition) is 3. The second-order valence-electron chi connectivity index (χ2n) is 5.52. The molecule has 0 bridgehead atoms. The van der Waals surface area contributed by atoms with Crippen LogP contribution < -0.4 is 5.56 Å². The molecule has 2 aromatic carbocycles. The lowest BCUT2D eigenvalue weighted by molar-refractivity contribution is 1.04. The van der Waals surface area contributed by atoms with E-state index in [2.05, 4.69) is 42.0 Å². The van der Waals surface area contributed by atoms with Crippen molar-refractivity contribution in [1.82, 2.24) is 9.97 Å². The lowest BCUT2D eigenvalue weighted by atomic mass is 10.1. The molecule has 0 atom stereocenters. The number of nitrogens with one attached hydrogen (secondary N) is 1. The van der Waals surface area contributed by atoms with Crippen molar-refractivity contribution in [1.29, 1.82) is 0 Å². The molecule has 0 radical (unpaired) electrons. The molecule has 1 aromatic heterocycles. The maximum atomic E-state index is 12.2. The number of aromatic nitrogens is 2. The summed E-state index contributed by atoms with van der Waals surface area (Å²) in [6, 6.07) is 12.1. The Balaban J connectivity index is 1.89. The molecule has 1 heterocycles. The van der Waals surface area contributed by atoms with E-state index in [-0.39, 0.29) is 5.56 Å². The molecular weight excluding hydrogens is 292 g/mol. The van der Waals surface area contributed by atoms with Crippen LogP contribution in [-0.2, 0) is 5.75 Å². The van der Waals surface area contributed by atoms with Crippen LogP contribution in [0.5, 0.6) is 0 Å². The number of H-pyrrole nitrogens is 1. The van der Waals surface area contributed by atoms with Gasteiger partial charge in [-0.1, -0.05) is 18.2 Å². The number of rotatable bonds is 3. The molecule has 0 aliphatic rings. The summed E-state index contributed by atoms with van der Waals surface area (Å²) in [7, 11) is 0. The van der Waals surface area contributed by atoms with Gasteiger partial charge >= 0.3 is 0 Å². The molecular formula is C18H18N2OS. The topological polar surface area (TPSA) is 45.8 Å². The van der Waals surface area contributed by atoms with Gasteiger partial charge in [-0.2, -0.15) is 0 Å². The van der Waals surface area contributed by atoms with Gasteiger partial charge in [-0.05, 0) is 55.7 Å². The fourth-order valence-electron chi connectivity index (χ4n) is 2.38. The highest BCUT2D eigenvalue weighted by atomic mass is 32.2. The first-order valence-corrected chi connectivity index (χ1v) is 8.22. The van der Waals surface area contributed by atoms with Gasteiger partial charge in [0.1, 0.15) is 5.82 Å². The summed E-state index contributed by atoms with van der Waals surface area (Å²) in [5.74, 6) is 1.37. The summed E-state index contributed by atoms with van der Waals surface area (Å²) < 4.78 is 0. The highest BCUT2D eigenvalue weighted by Crippen LogP contribution is 2.24. The van der Waals surface area contributed by atoms with Crippen molar-refractivity contribution in [3.63, 3.8) is 0 Å². The molecule has 22 heavy (non-hydrogen) atoms. The fraction of sp³-hybridized carbons (Fsp3) is 0.222. The molecule has 3 aromatic rings. The second kappa shape index (κ2) is 5.97. The lowest BCUT2D eigenvalue weighted by Gasteiger charge is -2.06. The van der Waals surface area contributed by atoms with Gasteiger partial charge in [0.15, 0.2) is 0 Å². The van der Waals surface area contributed by atoms with Crippen molar-refractivity contribution in [2.45, 2.75) is 31.4 Å².